The van der Waals surface area contributed by atoms with Crippen LogP contribution < -0.4 is 4.74 Å². The van der Waals surface area contributed by atoms with Gasteiger partial charge in [-0.15, -0.1) is 0 Å². The predicted molar refractivity (Wildman–Crippen MR) is 89.5 cm³/mol. The summed E-state index contributed by atoms with van der Waals surface area (Å²) in [6, 6.07) is 11.9. The Balaban J connectivity index is 1.66. The summed E-state index contributed by atoms with van der Waals surface area (Å²) in [6.45, 7) is 0.723. The fourth-order valence-electron chi connectivity index (χ4n) is 2.97. The van der Waals surface area contributed by atoms with E-state index in [2.05, 4.69) is 4.98 Å². The Morgan fingerprint density at radius 3 is 2.39 bits per heavy atom. The second-order valence-electron chi connectivity index (χ2n) is 6.14. The van der Waals surface area contributed by atoms with Crippen molar-refractivity contribution in [3.05, 3.63) is 59.9 Å². The summed E-state index contributed by atoms with van der Waals surface area (Å²) >= 11 is 0. The van der Waals surface area contributed by atoms with Gasteiger partial charge in [-0.2, -0.15) is 0 Å². The first kappa shape index (κ1) is 15.5. The Bertz CT molecular complexity index is 664. The second kappa shape index (κ2) is 6.41. The number of hydrogen-bond donors (Lipinski definition) is 0. The van der Waals surface area contributed by atoms with Crippen molar-refractivity contribution < 1.29 is 9.53 Å². The van der Waals surface area contributed by atoms with E-state index in [9.17, 15) is 4.79 Å². The highest BCUT2D eigenvalue weighted by atomic mass is 16.5. The van der Waals surface area contributed by atoms with Crippen molar-refractivity contribution in [3.63, 3.8) is 0 Å². The van der Waals surface area contributed by atoms with Gasteiger partial charge >= 0.3 is 0 Å². The van der Waals surface area contributed by atoms with E-state index in [-0.39, 0.29) is 11.3 Å². The van der Waals surface area contributed by atoms with Crippen LogP contribution in [0.1, 0.15) is 24.0 Å². The first-order valence-electron chi connectivity index (χ1n) is 7.95. The standard InChI is InChI=1S/C19H22N2O2/c1-21(14-9-15-7-12-20-13-8-15)18(22)19(10-11-19)16-3-5-17(23-2)6-4-16/h3-8,12-13H,9-11,14H2,1-2H3. The number of methoxy groups -OCH3 is 1. The van der Waals surface area contributed by atoms with Gasteiger partial charge in [-0.1, -0.05) is 12.1 Å². The van der Waals surface area contributed by atoms with Crippen molar-refractivity contribution >= 4 is 5.91 Å². The lowest BCUT2D eigenvalue weighted by Gasteiger charge is -2.24. The van der Waals surface area contributed by atoms with Crippen molar-refractivity contribution in [2.75, 3.05) is 20.7 Å². The molecule has 1 aromatic carbocycles. The van der Waals surface area contributed by atoms with E-state index in [0.29, 0.717) is 0 Å². The van der Waals surface area contributed by atoms with Crippen LogP contribution in [0.2, 0.25) is 0 Å². The summed E-state index contributed by atoms with van der Waals surface area (Å²) < 4.78 is 5.20. The lowest BCUT2D eigenvalue weighted by molar-refractivity contribution is -0.132. The summed E-state index contributed by atoms with van der Waals surface area (Å²) in [5.41, 5.74) is 1.98. The van der Waals surface area contributed by atoms with Crippen molar-refractivity contribution in [2.24, 2.45) is 0 Å². The van der Waals surface area contributed by atoms with Gasteiger partial charge in [0.15, 0.2) is 0 Å². The van der Waals surface area contributed by atoms with E-state index in [1.54, 1.807) is 19.5 Å². The number of amides is 1. The molecule has 0 atom stereocenters. The molecule has 4 nitrogen and oxygen atoms in total. The number of pyridine rings is 1. The van der Waals surface area contributed by atoms with E-state index < -0.39 is 0 Å². The predicted octanol–water partition coefficient (Wildman–Crippen LogP) is 2.82. The van der Waals surface area contributed by atoms with Gasteiger partial charge in [-0.25, -0.2) is 0 Å². The lowest BCUT2D eigenvalue weighted by Crippen LogP contribution is -2.37. The van der Waals surface area contributed by atoms with Gasteiger partial charge in [0.1, 0.15) is 5.75 Å². The average molecular weight is 310 g/mol. The number of aromatic nitrogens is 1. The van der Waals surface area contributed by atoms with Crippen LogP contribution in [0.15, 0.2) is 48.8 Å². The van der Waals surface area contributed by atoms with Crippen LogP contribution >= 0.6 is 0 Å². The average Bonchev–Trinajstić information content (AvgIpc) is 3.42. The molecule has 1 heterocycles. The lowest BCUT2D eigenvalue weighted by atomic mass is 9.94. The molecule has 3 rings (SSSR count). The summed E-state index contributed by atoms with van der Waals surface area (Å²) in [5, 5.41) is 0. The summed E-state index contributed by atoms with van der Waals surface area (Å²) in [6.07, 6.45) is 6.28. The normalized spacial score (nSPS) is 15.0. The third kappa shape index (κ3) is 3.21. The van der Waals surface area contributed by atoms with Crippen LogP contribution in [0.25, 0.3) is 0 Å². The number of ether oxygens (including phenoxy) is 1. The van der Waals surface area contributed by atoms with Crippen LogP contribution in [0.3, 0.4) is 0 Å². The zero-order chi connectivity index (χ0) is 16.3. The zero-order valence-electron chi connectivity index (χ0n) is 13.7. The van der Waals surface area contributed by atoms with Crippen molar-refractivity contribution in [1.29, 1.82) is 0 Å². The molecule has 0 N–H and O–H groups in total. The molecule has 120 valence electrons. The van der Waals surface area contributed by atoms with Crippen molar-refractivity contribution in [3.8, 4) is 5.75 Å². The van der Waals surface area contributed by atoms with E-state index in [4.69, 9.17) is 4.74 Å². The summed E-state index contributed by atoms with van der Waals surface area (Å²) in [7, 11) is 3.55. The molecule has 0 spiro atoms. The Morgan fingerprint density at radius 1 is 1.17 bits per heavy atom. The molecule has 2 aromatic rings. The molecule has 1 aromatic heterocycles. The van der Waals surface area contributed by atoms with Crippen LogP contribution in [-0.4, -0.2) is 36.5 Å². The number of benzene rings is 1. The Kier molecular flexibility index (Phi) is 4.33. The number of carbonyl (C=O) groups is 1. The maximum absolute atomic E-state index is 12.9. The van der Waals surface area contributed by atoms with Crippen LogP contribution in [0.5, 0.6) is 5.75 Å². The topological polar surface area (TPSA) is 42.4 Å². The molecule has 1 fully saturated rings. The van der Waals surface area contributed by atoms with Crippen LogP contribution in [0, 0.1) is 0 Å². The maximum Gasteiger partial charge on any atom is 0.232 e. The molecular weight excluding hydrogens is 288 g/mol. The minimum Gasteiger partial charge on any atom is -0.497 e. The minimum atomic E-state index is -0.320. The molecule has 0 saturated heterocycles. The van der Waals surface area contributed by atoms with E-state index in [1.807, 2.05) is 48.3 Å². The van der Waals surface area contributed by atoms with E-state index in [0.717, 1.165) is 37.1 Å². The highest BCUT2D eigenvalue weighted by molar-refractivity contribution is 5.91. The molecule has 1 aliphatic rings. The van der Waals surface area contributed by atoms with Crippen molar-refractivity contribution in [1.82, 2.24) is 9.88 Å². The summed E-state index contributed by atoms with van der Waals surface area (Å²) in [5.74, 6) is 1.04. The van der Waals surface area contributed by atoms with Gasteiger partial charge in [-0.05, 0) is 54.7 Å². The molecule has 0 unspecified atom stereocenters. The highest BCUT2D eigenvalue weighted by Gasteiger charge is 2.52. The molecule has 0 aliphatic heterocycles. The Labute approximate surface area is 137 Å². The molecule has 1 amide bonds. The van der Waals surface area contributed by atoms with Crippen LogP contribution in [-0.2, 0) is 16.6 Å². The molecular formula is C19H22N2O2. The van der Waals surface area contributed by atoms with E-state index >= 15 is 0 Å². The smallest absolute Gasteiger partial charge is 0.232 e. The molecule has 1 aliphatic carbocycles. The third-order valence-corrected chi connectivity index (χ3v) is 4.63. The molecule has 1 saturated carbocycles. The van der Waals surface area contributed by atoms with Gasteiger partial charge in [0, 0.05) is 26.0 Å². The fourth-order valence-corrected chi connectivity index (χ4v) is 2.97. The van der Waals surface area contributed by atoms with Crippen LogP contribution in [0.4, 0.5) is 0 Å². The molecule has 4 heteroatoms. The minimum absolute atomic E-state index is 0.219. The first-order chi connectivity index (χ1) is 11.2. The number of hydrogen-bond acceptors (Lipinski definition) is 3. The fraction of sp³-hybridized carbons (Fsp3) is 0.368. The third-order valence-electron chi connectivity index (χ3n) is 4.63. The molecule has 0 radical (unpaired) electrons. The van der Waals surface area contributed by atoms with Gasteiger partial charge in [0.2, 0.25) is 5.91 Å². The SMILES string of the molecule is COc1ccc(C2(C(=O)N(C)CCc3ccncc3)CC2)cc1. The van der Waals surface area contributed by atoms with Gasteiger partial charge in [0.05, 0.1) is 12.5 Å². The zero-order valence-corrected chi connectivity index (χ0v) is 13.7. The van der Waals surface area contributed by atoms with Gasteiger partial charge < -0.3 is 9.64 Å². The Hall–Kier alpha value is -2.36. The highest BCUT2D eigenvalue weighted by Crippen LogP contribution is 2.49. The van der Waals surface area contributed by atoms with E-state index in [1.165, 1.54) is 5.56 Å². The van der Waals surface area contributed by atoms with Crippen molar-refractivity contribution in [2.45, 2.75) is 24.7 Å². The second-order valence-corrected chi connectivity index (χ2v) is 6.14. The number of likely N-dealkylation sites (N-methyl/N-ethyl adjacent to an activating group) is 1. The number of nitrogens with zero attached hydrogens (tertiary/aromatic N) is 2. The molecule has 23 heavy (non-hydrogen) atoms. The maximum atomic E-state index is 12.9. The number of carbonyl (C=O) groups excluding carboxylic acids is 1. The quantitative estimate of drug-likeness (QED) is 0.824. The summed E-state index contributed by atoms with van der Waals surface area (Å²) in [4.78, 5) is 18.8. The first-order valence-corrected chi connectivity index (χ1v) is 7.95. The Morgan fingerprint density at radius 2 is 1.83 bits per heavy atom. The molecule has 0 bridgehead atoms. The number of rotatable bonds is 6. The van der Waals surface area contributed by atoms with Gasteiger partial charge in [-0.3, -0.25) is 9.78 Å². The monoisotopic (exact) mass is 310 g/mol. The largest absolute Gasteiger partial charge is 0.497 e. The van der Waals surface area contributed by atoms with Gasteiger partial charge in [0.25, 0.3) is 0 Å².